The Kier molecular flexibility index (Phi) is 8.23. The molecule has 0 radical (unpaired) electrons. The van der Waals surface area contributed by atoms with Crippen molar-refractivity contribution in [2.24, 2.45) is 4.99 Å². The second-order valence-electron chi connectivity index (χ2n) is 10.2. The molecule has 6 rings (SSSR count). The number of allylic oxidation sites excluding steroid dienone is 1. The van der Waals surface area contributed by atoms with E-state index in [-0.39, 0.29) is 23.7 Å². The summed E-state index contributed by atoms with van der Waals surface area (Å²) in [5.74, 6) is 0.640. The van der Waals surface area contributed by atoms with Gasteiger partial charge in [-0.05, 0) is 61.9 Å². The highest BCUT2D eigenvalue weighted by molar-refractivity contribution is 7.07. The van der Waals surface area contributed by atoms with Crippen LogP contribution in [0.5, 0.6) is 5.75 Å². The molecule has 0 saturated heterocycles. The lowest BCUT2D eigenvalue weighted by atomic mass is 9.90. The number of hydrogen-bond acceptors (Lipinski definition) is 9. The van der Waals surface area contributed by atoms with Crippen LogP contribution >= 0.6 is 11.3 Å². The number of methoxy groups -OCH3 is 1. The number of aromatic nitrogens is 1. The summed E-state index contributed by atoms with van der Waals surface area (Å²) in [5, 5.41) is 1.78. The number of furan rings is 1. The van der Waals surface area contributed by atoms with Gasteiger partial charge < -0.3 is 18.6 Å². The highest BCUT2D eigenvalue weighted by Gasteiger charge is 2.36. The van der Waals surface area contributed by atoms with E-state index in [0.29, 0.717) is 50.0 Å². The van der Waals surface area contributed by atoms with Gasteiger partial charge in [0.1, 0.15) is 23.3 Å². The zero-order valence-electron chi connectivity index (χ0n) is 25.2. The summed E-state index contributed by atoms with van der Waals surface area (Å²) in [4.78, 5) is 44.8. The molecule has 0 amide bonds. The zero-order valence-corrected chi connectivity index (χ0v) is 26.0. The minimum atomic E-state index is -0.839. The molecule has 0 saturated carbocycles. The first-order valence-electron chi connectivity index (χ1n) is 14.5. The van der Waals surface area contributed by atoms with Gasteiger partial charge in [0.25, 0.3) is 5.56 Å². The highest BCUT2D eigenvalue weighted by Crippen LogP contribution is 2.40. The SMILES string of the molecule is CCOC(=O)C1=C(C)N=c2sc(=Cc3ccc(-c4ccc(C(=O)OCC)cc4)o3)c(=O)n2C1c1c(OC)ccc2ccccc12. The van der Waals surface area contributed by atoms with Crippen LogP contribution in [0.15, 0.2) is 98.3 Å². The lowest BCUT2D eigenvalue weighted by Crippen LogP contribution is -2.40. The molecule has 1 aliphatic rings. The van der Waals surface area contributed by atoms with Gasteiger partial charge >= 0.3 is 11.9 Å². The van der Waals surface area contributed by atoms with E-state index >= 15 is 0 Å². The third kappa shape index (κ3) is 5.49. The molecule has 3 heterocycles. The Labute approximate surface area is 262 Å². The van der Waals surface area contributed by atoms with Crippen molar-refractivity contribution in [3.8, 4) is 17.1 Å². The lowest BCUT2D eigenvalue weighted by Gasteiger charge is -2.27. The van der Waals surface area contributed by atoms with Gasteiger partial charge in [0.2, 0.25) is 0 Å². The maximum Gasteiger partial charge on any atom is 0.338 e. The molecule has 228 valence electrons. The standard InChI is InChI=1S/C35H30N2O7S/c1-5-42-33(39)23-13-11-22(12-14-23)26-18-16-24(44-26)19-28-32(38)37-31(29(34(40)43-6-2)20(3)36-35(37)45-28)30-25-10-8-7-9-21(25)15-17-27(30)41-4/h7-19,31H,5-6H2,1-4H3. The van der Waals surface area contributed by atoms with Crippen molar-refractivity contribution in [3.63, 3.8) is 0 Å². The summed E-state index contributed by atoms with van der Waals surface area (Å²) in [6, 6.07) is 21.2. The molecule has 2 aromatic heterocycles. The number of nitrogens with zero attached hydrogens (tertiary/aromatic N) is 2. The molecular formula is C35H30N2O7S. The minimum absolute atomic E-state index is 0.172. The van der Waals surface area contributed by atoms with Crippen LogP contribution in [0.4, 0.5) is 0 Å². The monoisotopic (exact) mass is 622 g/mol. The number of ether oxygens (including phenoxy) is 3. The number of carbonyl (C=O) groups excluding carboxylic acids is 2. The van der Waals surface area contributed by atoms with Gasteiger partial charge in [-0.1, -0.05) is 53.8 Å². The zero-order chi connectivity index (χ0) is 31.7. The van der Waals surface area contributed by atoms with Crippen molar-refractivity contribution in [1.29, 1.82) is 0 Å². The van der Waals surface area contributed by atoms with Crippen molar-refractivity contribution in [2.45, 2.75) is 26.8 Å². The summed E-state index contributed by atoms with van der Waals surface area (Å²) < 4.78 is 24.3. The van der Waals surface area contributed by atoms with Crippen LogP contribution in [-0.4, -0.2) is 36.8 Å². The van der Waals surface area contributed by atoms with Gasteiger partial charge in [0, 0.05) is 17.2 Å². The Hall–Kier alpha value is -5.22. The highest BCUT2D eigenvalue weighted by atomic mass is 32.1. The Bertz CT molecular complexity index is 2150. The number of rotatable bonds is 8. The second kappa shape index (κ2) is 12.4. The average molecular weight is 623 g/mol. The third-order valence-electron chi connectivity index (χ3n) is 7.52. The fraction of sp³-hybridized carbons (Fsp3) is 0.200. The van der Waals surface area contributed by atoms with Gasteiger partial charge in [-0.25, -0.2) is 14.6 Å². The molecule has 0 N–H and O–H groups in total. The first kappa shape index (κ1) is 29.8. The van der Waals surface area contributed by atoms with Crippen LogP contribution in [0.25, 0.3) is 28.2 Å². The summed E-state index contributed by atoms with van der Waals surface area (Å²) in [6.07, 6.45) is 1.67. The molecule has 0 fully saturated rings. The van der Waals surface area contributed by atoms with Gasteiger partial charge in [-0.3, -0.25) is 9.36 Å². The quantitative estimate of drug-likeness (QED) is 0.213. The normalized spacial score (nSPS) is 14.7. The van der Waals surface area contributed by atoms with E-state index in [2.05, 4.69) is 4.99 Å². The van der Waals surface area contributed by atoms with Gasteiger partial charge in [-0.2, -0.15) is 0 Å². The maximum absolute atomic E-state index is 14.2. The Morgan fingerprint density at radius 3 is 2.42 bits per heavy atom. The van der Waals surface area contributed by atoms with E-state index < -0.39 is 12.0 Å². The smallest absolute Gasteiger partial charge is 0.338 e. The van der Waals surface area contributed by atoms with E-state index in [1.807, 2.05) is 36.4 Å². The topological polar surface area (TPSA) is 109 Å². The molecule has 0 spiro atoms. The Morgan fingerprint density at radius 1 is 0.956 bits per heavy atom. The van der Waals surface area contributed by atoms with Crippen LogP contribution in [-0.2, 0) is 14.3 Å². The number of fused-ring (bicyclic) bond motifs is 2. The van der Waals surface area contributed by atoms with Crippen molar-refractivity contribution in [2.75, 3.05) is 20.3 Å². The summed E-state index contributed by atoms with van der Waals surface area (Å²) in [6.45, 7) is 5.72. The lowest BCUT2D eigenvalue weighted by molar-refractivity contribution is -0.139. The summed E-state index contributed by atoms with van der Waals surface area (Å²) >= 11 is 1.21. The van der Waals surface area contributed by atoms with E-state index in [1.165, 1.54) is 15.9 Å². The van der Waals surface area contributed by atoms with Gasteiger partial charge in [-0.15, -0.1) is 0 Å². The number of carbonyl (C=O) groups is 2. The van der Waals surface area contributed by atoms with E-state index in [0.717, 1.165) is 16.3 Å². The average Bonchev–Trinajstić information content (AvgIpc) is 3.64. The van der Waals surface area contributed by atoms with Crippen molar-refractivity contribution in [1.82, 2.24) is 4.57 Å². The summed E-state index contributed by atoms with van der Waals surface area (Å²) in [5.41, 5.74) is 2.30. The molecule has 10 heteroatoms. The minimum Gasteiger partial charge on any atom is -0.496 e. The Morgan fingerprint density at radius 2 is 1.69 bits per heavy atom. The largest absolute Gasteiger partial charge is 0.496 e. The number of benzene rings is 3. The second-order valence-corrected chi connectivity index (χ2v) is 11.2. The molecule has 1 aliphatic heterocycles. The molecule has 1 unspecified atom stereocenters. The number of esters is 2. The molecule has 1 atom stereocenters. The van der Waals surface area contributed by atoms with Crippen molar-refractivity contribution < 1.29 is 28.2 Å². The molecule has 0 bridgehead atoms. The maximum atomic E-state index is 14.2. The van der Waals surface area contributed by atoms with Crippen molar-refractivity contribution >= 4 is 40.1 Å². The van der Waals surface area contributed by atoms with Crippen LogP contribution < -0.4 is 19.6 Å². The number of hydrogen-bond donors (Lipinski definition) is 0. The van der Waals surface area contributed by atoms with Gasteiger partial charge in [0.05, 0.1) is 41.7 Å². The van der Waals surface area contributed by atoms with Crippen molar-refractivity contribution in [3.05, 3.63) is 121 Å². The fourth-order valence-corrected chi connectivity index (χ4v) is 6.53. The molecule has 9 nitrogen and oxygen atoms in total. The Balaban J connectivity index is 1.48. The predicted molar refractivity (Wildman–Crippen MR) is 171 cm³/mol. The molecule has 0 aliphatic carbocycles. The van der Waals surface area contributed by atoms with Crippen LogP contribution in [0.3, 0.4) is 0 Å². The van der Waals surface area contributed by atoms with E-state index in [1.54, 1.807) is 70.4 Å². The summed E-state index contributed by atoms with van der Waals surface area (Å²) in [7, 11) is 1.57. The first-order chi connectivity index (χ1) is 21.8. The van der Waals surface area contributed by atoms with Gasteiger partial charge in [0.15, 0.2) is 4.80 Å². The van der Waals surface area contributed by atoms with Crippen LogP contribution in [0.2, 0.25) is 0 Å². The number of thiazole rings is 1. The van der Waals surface area contributed by atoms with E-state index in [9.17, 15) is 14.4 Å². The molecule has 3 aromatic carbocycles. The van der Waals surface area contributed by atoms with E-state index in [4.69, 9.17) is 18.6 Å². The third-order valence-corrected chi connectivity index (χ3v) is 8.50. The molecular weight excluding hydrogens is 592 g/mol. The fourth-order valence-electron chi connectivity index (χ4n) is 5.50. The molecule has 5 aromatic rings. The van der Waals surface area contributed by atoms with Crippen LogP contribution in [0, 0.1) is 0 Å². The first-order valence-corrected chi connectivity index (χ1v) is 15.3. The predicted octanol–water partition coefficient (Wildman–Crippen LogP) is 5.40. The molecule has 45 heavy (non-hydrogen) atoms. The van der Waals surface area contributed by atoms with Crippen LogP contribution in [0.1, 0.15) is 48.5 Å².